The van der Waals surface area contributed by atoms with Crippen LogP contribution >= 0.6 is 0 Å². The number of hydrogen-bond acceptors (Lipinski definition) is 7. The van der Waals surface area contributed by atoms with E-state index >= 15 is 0 Å². The van der Waals surface area contributed by atoms with Gasteiger partial charge in [0.2, 0.25) is 5.91 Å². The molecule has 1 aromatic heterocycles. The zero-order chi connectivity index (χ0) is 22.8. The number of methoxy groups -OCH3 is 1. The van der Waals surface area contributed by atoms with Gasteiger partial charge in [0.1, 0.15) is 5.75 Å². The fraction of sp³-hybridized carbons (Fsp3) is 0.625. The van der Waals surface area contributed by atoms with Crippen LogP contribution in [0.1, 0.15) is 58.8 Å². The van der Waals surface area contributed by atoms with Gasteiger partial charge in [0, 0.05) is 24.2 Å². The molecule has 0 bridgehead atoms. The van der Waals surface area contributed by atoms with Crippen LogP contribution in [0, 0.1) is 5.92 Å². The number of anilines is 2. The fourth-order valence-electron chi connectivity index (χ4n) is 4.15. The van der Waals surface area contributed by atoms with E-state index < -0.39 is 0 Å². The summed E-state index contributed by atoms with van der Waals surface area (Å²) in [7, 11) is 1.59. The van der Waals surface area contributed by atoms with Gasteiger partial charge in [0.05, 0.1) is 12.7 Å². The topological polar surface area (TPSA) is 92.5 Å². The van der Waals surface area contributed by atoms with E-state index in [4.69, 9.17) is 9.15 Å². The molecule has 0 spiro atoms. The van der Waals surface area contributed by atoms with Crippen LogP contribution in [0.5, 0.6) is 5.75 Å². The van der Waals surface area contributed by atoms with Crippen molar-refractivity contribution >= 4 is 17.6 Å². The number of ether oxygens (including phenoxy) is 1. The Morgan fingerprint density at radius 1 is 1.16 bits per heavy atom. The van der Waals surface area contributed by atoms with Crippen molar-refractivity contribution in [3.63, 3.8) is 0 Å². The van der Waals surface area contributed by atoms with E-state index in [1.54, 1.807) is 13.2 Å². The number of aromatic nitrogens is 2. The molecule has 1 heterocycles. The molecular weight excluding hydrogens is 406 g/mol. The Bertz CT molecular complexity index is 844. The third-order valence-corrected chi connectivity index (χ3v) is 6.17. The highest BCUT2D eigenvalue weighted by Crippen LogP contribution is 2.33. The molecule has 3 rings (SSSR count). The smallest absolute Gasteiger partial charge is 0.315 e. The Labute approximate surface area is 191 Å². The van der Waals surface area contributed by atoms with Gasteiger partial charge in [-0.25, -0.2) is 0 Å². The molecule has 0 saturated heterocycles. The Balaban J connectivity index is 1.54. The lowest BCUT2D eigenvalue weighted by Crippen LogP contribution is -2.24. The molecule has 1 fully saturated rings. The van der Waals surface area contributed by atoms with Crippen molar-refractivity contribution in [1.29, 1.82) is 0 Å². The highest BCUT2D eigenvalue weighted by molar-refractivity contribution is 5.93. The van der Waals surface area contributed by atoms with Crippen LogP contribution in [0.3, 0.4) is 0 Å². The van der Waals surface area contributed by atoms with E-state index in [1.807, 2.05) is 12.1 Å². The number of amides is 1. The monoisotopic (exact) mass is 443 g/mol. The SMILES string of the molecule is CCN(CC)CCCCNc1nnc(-c2ccc(NC(=O)C3CCCCC3)cc2OC)o1. The molecule has 8 nitrogen and oxygen atoms in total. The Morgan fingerprint density at radius 3 is 2.66 bits per heavy atom. The van der Waals surface area contributed by atoms with Gasteiger partial charge in [-0.2, -0.15) is 0 Å². The minimum absolute atomic E-state index is 0.0878. The lowest BCUT2D eigenvalue weighted by atomic mass is 9.88. The summed E-state index contributed by atoms with van der Waals surface area (Å²) in [4.78, 5) is 15.0. The van der Waals surface area contributed by atoms with E-state index in [2.05, 4.69) is 39.6 Å². The Morgan fingerprint density at radius 2 is 1.94 bits per heavy atom. The summed E-state index contributed by atoms with van der Waals surface area (Å²) in [5.41, 5.74) is 1.41. The predicted octanol–water partition coefficient (Wildman–Crippen LogP) is 4.80. The van der Waals surface area contributed by atoms with Gasteiger partial charge < -0.3 is 24.7 Å². The first-order chi connectivity index (χ1) is 15.6. The van der Waals surface area contributed by atoms with Gasteiger partial charge in [-0.15, -0.1) is 5.10 Å². The summed E-state index contributed by atoms with van der Waals surface area (Å²) in [5.74, 6) is 1.16. The first-order valence-corrected chi connectivity index (χ1v) is 11.9. The zero-order valence-electron chi connectivity index (χ0n) is 19.7. The summed E-state index contributed by atoms with van der Waals surface area (Å²) in [6.07, 6.45) is 7.57. The summed E-state index contributed by atoms with van der Waals surface area (Å²) < 4.78 is 11.3. The first-order valence-electron chi connectivity index (χ1n) is 11.9. The molecule has 8 heteroatoms. The van der Waals surface area contributed by atoms with E-state index in [0.29, 0.717) is 28.9 Å². The number of unbranched alkanes of at least 4 members (excludes halogenated alkanes) is 1. The highest BCUT2D eigenvalue weighted by atomic mass is 16.5. The third kappa shape index (κ3) is 6.69. The largest absolute Gasteiger partial charge is 0.496 e. The minimum Gasteiger partial charge on any atom is -0.496 e. The van der Waals surface area contributed by atoms with Crippen LogP contribution in [0.2, 0.25) is 0 Å². The van der Waals surface area contributed by atoms with Crippen LogP contribution in [-0.2, 0) is 4.79 Å². The number of nitrogens with one attached hydrogen (secondary N) is 2. The Kier molecular flexibility index (Phi) is 9.34. The summed E-state index contributed by atoms with van der Waals surface area (Å²) in [6, 6.07) is 5.90. The number of carbonyl (C=O) groups excluding carboxylic acids is 1. The molecule has 1 saturated carbocycles. The van der Waals surface area contributed by atoms with Crippen LogP contribution < -0.4 is 15.4 Å². The molecular formula is C24H37N5O3. The van der Waals surface area contributed by atoms with Crippen LogP contribution in [0.4, 0.5) is 11.7 Å². The molecule has 32 heavy (non-hydrogen) atoms. The van der Waals surface area contributed by atoms with Crippen LogP contribution in [-0.4, -0.2) is 54.3 Å². The quantitative estimate of drug-likeness (QED) is 0.455. The van der Waals surface area contributed by atoms with Gasteiger partial charge in [-0.3, -0.25) is 4.79 Å². The summed E-state index contributed by atoms with van der Waals surface area (Å²) >= 11 is 0. The van der Waals surface area contributed by atoms with Crippen molar-refractivity contribution in [1.82, 2.24) is 15.1 Å². The lowest BCUT2D eigenvalue weighted by Gasteiger charge is -2.21. The summed E-state index contributed by atoms with van der Waals surface area (Å²) in [6.45, 7) is 8.43. The van der Waals surface area contributed by atoms with E-state index in [9.17, 15) is 4.79 Å². The second kappa shape index (κ2) is 12.4. The molecule has 0 atom stereocenters. The highest BCUT2D eigenvalue weighted by Gasteiger charge is 2.22. The molecule has 1 aromatic carbocycles. The maximum Gasteiger partial charge on any atom is 0.315 e. The maximum absolute atomic E-state index is 12.5. The standard InChI is InChI=1S/C24H37N5O3/c1-4-29(5-2)16-10-9-15-25-24-28-27-23(32-24)20-14-13-19(17-21(20)31-3)26-22(30)18-11-7-6-8-12-18/h13-14,17-18H,4-12,15-16H2,1-3H3,(H,25,28)(H,26,30). The second-order valence-electron chi connectivity index (χ2n) is 8.31. The van der Waals surface area contributed by atoms with Crippen molar-refractivity contribution in [3.8, 4) is 17.2 Å². The average molecular weight is 444 g/mol. The molecule has 1 aliphatic rings. The number of nitrogens with zero attached hydrogens (tertiary/aromatic N) is 3. The zero-order valence-corrected chi connectivity index (χ0v) is 19.7. The number of rotatable bonds is 12. The van der Waals surface area contributed by atoms with Gasteiger partial charge in [0.25, 0.3) is 5.89 Å². The van der Waals surface area contributed by atoms with Crippen LogP contribution in [0.25, 0.3) is 11.5 Å². The van der Waals surface area contributed by atoms with Crippen LogP contribution in [0.15, 0.2) is 22.6 Å². The predicted molar refractivity (Wildman–Crippen MR) is 127 cm³/mol. The third-order valence-electron chi connectivity index (χ3n) is 6.17. The molecule has 1 aliphatic carbocycles. The minimum atomic E-state index is 0.0878. The van der Waals surface area contributed by atoms with Gasteiger partial charge in [-0.1, -0.05) is 38.2 Å². The first kappa shape index (κ1) is 24.0. The van der Waals surface area contributed by atoms with Crippen molar-refractivity contribution in [2.45, 2.75) is 58.8 Å². The molecule has 0 unspecified atom stereocenters. The van der Waals surface area contributed by atoms with E-state index in [-0.39, 0.29) is 11.8 Å². The van der Waals surface area contributed by atoms with Crippen molar-refractivity contribution in [3.05, 3.63) is 18.2 Å². The molecule has 0 aliphatic heterocycles. The Hall–Kier alpha value is -2.61. The van der Waals surface area contributed by atoms with E-state index in [1.165, 1.54) is 6.42 Å². The number of benzene rings is 1. The van der Waals surface area contributed by atoms with Gasteiger partial charge >= 0.3 is 6.01 Å². The molecule has 2 N–H and O–H groups in total. The second-order valence-corrected chi connectivity index (χ2v) is 8.31. The maximum atomic E-state index is 12.5. The molecule has 2 aromatic rings. The number of carbonyl (C=O) groups is 1. The fourth-order valence-corrected chi connectivity index (χ4v) is 4.15. The average Bonchev–Trinajstić information content (AvgIpc) is 3.30. The van der Waals surface area contributed by atoms with Gasteiger partial charge in [-0.05, 0) is 57.5 Å². The van der Waals surface area contributed by atoms with Gasteiger partial charge in [0.15, 0.2) is 0 Å². The lowest BCUT2D eigenvalue weighted by molar-refractivity contribution is -0.120. The van der Waals surface area contributed by atoms with Crippen molar-refractivity contribution < 1.29 is 13.9 Å². The summed E-state index contributed by atoms with van der Waals surface area (Å²) in [5, 5.41) is 14.5. The normalized spacial score (nSPS) is 14.5. The molecule has 0 radical (unpaired) electrons. The number of hydrogen-bond donors (Lipinski definition) is 2. The van der Waals surface area contributed by atoms with Crippen molar-refractivity contribution in [2.24, 2.45) is 5.92 Å². The molecule has 1 amide bonds. The van der Waals surface area contributed by atoms with E-state index in [0.717, 1.165) is 64.7 Å². The molecule has 176 valence electrons. The van der Waals surface area contributed by atoms with Crippen molar-refractivity contribution in [2.75, 3.05) is 43.9 Å².